The van der Waals surface area contributed by atoms with Gasteiger partial charge >= 0.3 is 0 Å². The molecule has 0 radical (unpaired) electrons. The van der Waals surface area contributed by atoms with Crippen molar-refractivity contribution in [2.24, 2.45) is 5.41 Å². The van der Waals surface area contributed by atoms with Gasteiger partial charge in [-0.05, 0) is 43.4 Å². The Hall–Kier alpha value is -4.64. The Morgan fingerprint density at radius 3 is 2.59 bits per heavy atom. The molecule has 1 aliphatic carbocycles. The van der Waals surface area contributed by atoms with Gasteiger partial charge in [-0.15, -0.1) is 5.10 Å². The average Bonchev–Trinajstić information content (AvgIpc) is 3.53. The van der Waals surface area contributed by atoms with Gasteiger partial charge in [0.25, 0.3) is 0 Å². The van der Waals surface area contributed by atoms with Crippen molar-refractivity contribution in [2.75, 3.05) is 17.2 Å². The number of nitriles is 2. The molecule has 5 rings (SSSR count). The largest absolute Gasteiger partial charge is 0.383 e. The van der Waals surface area contributed by atoms with E-state index in [4.69, 9.17) is 0 Å². The summed E-state index contributed by atoms with van der Waals surface area (Å²) in [5, 5.41) is 34.9. The summed E-state index contributed by atoms with van der Waals surface area (Å²) < 4.78 is 30.8. The number of pyridine rings is 2. The Kier molecular flexibility index (Phi) is 6.39. The van der Waals surface area contributed by atoms with Gasteiger partial charge in [-0.1, -0.05) is 32.1 Å². The normalized spacial score (nSPS) is 14.9. The minimum atomic E-state index is -0.714. The molecule has 3 heterocycles. The highest BCUT2D eigenvalue weighted by Crippen LogP contribution is 2.42. The Balaban J connectivity index is 1.61. The third-order valence-corrected chi connectivity index (χ3v) is 6.73. The second-order valence-electron chi connectivity index (χ2n) is 11.0. The summed E-state index contributed by atoms with van der Waals surface area (Å²) in [7, 11) is 0. The first-order chi connectivity index (χ1) is 18.5. The van der Waals surface area contributed by atoms with Crippen LogP contribution < -0.4 is 10.6 Å². The number of benzene rings is 1. The van der Waals surface area contributed by atoms with Crippen LogP contribution in [0.4, 0.5) is 20.2 Å². The van der Waals surface area contributed by atoms with Crippen LogP contribution in [0, 0.1) is 46.8 Å². The number of nitrogens with one attached hydrogen (secondary N) is 2. The quantitative estimate of drug-likeness (QED) is 0.308. The number of aryl methyl sites for hydroxylation is 1. The smallest absolute Gasteiger partial charge is 0.213 e. The number of hydrogen-bond donors (Lipinski definition) is 2. The first-order valence-electron chi connectivity index (χ1n) is 12.5. The topological polar surface area (TPSA) is 128 Å². The summed E-state index contributed by atoms with van der Waals surface area (Å²) in [6.45, 7) is 8.38. The number of halogens is 2. The standard InChI is InChI=1S/C28H27F2N9/c1-16-19(5-6-23(30)35-16)26(22-13-39(38-37-22)28(14-32)7-8-28)36-18-9-20-24(34-15-27(2,3)4)17(11-31)12-33-25(20)21(29)10-18/h5-6,9-10,12-13,26,36H,7-8,15H2,1-4H3,(H,33,34). The molecule has 1 aromatic carbocycles. The first-order valence-corrected chi connectivity index (χ1v) is 12.5. The lowest BCUT2D eigenvalue weighted by atomic mass is 9.96. The molecule has 0 amide bonds. The summed E-state index contributed by atoms with van der Waals surface area (Å²) in [5.74, 6) is -1.20. The van der Waals surface area contributed by atoms with E-state index in [1.54, 1.807) is 29.9 Å². The third kappa shape index (κ3) is 5.08. The maximum atomic E-state index is 15.4. The molecule has 0 aliphatic heterocycles. The average molecular weight is 528 g/mol. The Morgan fingerprint density at radius 1 is 1.18 bits per heavy atom. The van der Waals surface area contributed by atoms with Gasteiger partial charge in [0.05, 0.1) is 29.6 Å². The van der Waals surface area contributed by atoms with Crippen molar-refractivity contribution < 1.29 is 8.78 Å². The highest BCUT2D eigenvalue weighted by Gasteiger charge is 2.47. The number of nitrogens with zero attached hydrogens (tertiary/aromatic N) is 7. The van der Waals surface area contributed by atoms with Crippen LogP contribution >= 0.6 is 0 Å². The summed E-state index contributed by atoms with van der Waals surface area (Å²) in [6, 6.07) is 9.61. The van der Waals surface area contributed by atoms with E-state index in [0.717, 1.165) is 0 Å². The van der Waals surface area contributed by atoms with Crippen molar-refractivity contribution in [2.45, 2.75) is 52.1 Å². The molecule has 1 saturated carbocycles. The van der Waals surface area contributed by atoms with Gasteiger partial charge in [-0.25, -0.2) is 14.1 Å². The van der Waals surface area contributed by atoms with Crippen LogP contribution in [0.3, 0.4) is 0 Å². The fourth-order valence-electron chi connectivity index (χ4n) is 4.42. The molecule has 198 valence electrons. The van der Waals surface area contributed by atoms with E-state index in [-0.39, 0.29) is 10.9 Å². The molecule has 39 heavy (non-hydrogen) atoms. The molecular weight excluding hydrogens is 500 g/mol. The molecule has 9 nitrogen and oxygen atoms in total. The highest BCUT2D eigenvalue weighted by atomic mass is 19.1. The number of fused-ring (bicyclic) bond motifs is 1. The lowest BCUT2D eigenvalue weighted by molar-refractivity contribution is 0.443. The Bertz CT molecular complexity index is 1650. The van der Waals surface area contributed by atoms with E-state index >= 15 is 4.39 Å². The van der Waals surface area contributed by atoms with Gasteiger partial charge in [0.2, 0.25) is 5.95 Å². The molecule has 1 fully saturated rings. The van der Waals surface area contributed by atoms with Crippen molar-refractivity contribution in [3.05, 3.63) is 70.9 Å². The molecule has 2 N–H and O–H groups in total. The third-order valence-electron chi connectivity index (χ3n) is 6.73. The van der Waals surface area contributed by atoms with Crippen LogP contribution in [0.5, 0.6) is 0 Å². The van der Waals surface area contributed by atoms with E-state index in [2.05, 4.69) is 63.8 Å². The van der Waals surface area contributed by atoms with Crippen LogP contribution in [0.15, 0.2) is 36.7 Å². The minimum Gasteiger partial charge on any atom is -0.383 e. The first kappa shape index (κ1) is 26.0. The van der Waals surface area contributed by atoms with Crippen molar-refractivity contribution in [3.8, 4) is 12.1 Å². The molecule has 3 aromatic heterocycles. The predicted octanol–water partition coefficient (Wildman–Crippen LogP) is 5.35. The molecular formula is C28H27F2N9. The van der Waals surface area contributed by atoms with Gasteiger partial charge < -0.3 is 10.6 Å². The second-order valence-corrected chi connectivity index (χ2v) is 11.0. The summed E-state index contributed by atoms with van der Waals surface area (Å²) in [5.41, 5.74) is 1.99. The molecule has 4 aromatic rings. The molecule has 0 saturated heterocycles. The molecule has 1 unspecified atom stereocenters. The maximum absolute atomic E-state index is 15.4. The van der Waals surface area contributed by atoms with Crippen LogP contribution in [0.1, 0.15) is 62.2 Å². The van der Waals surface area contributed by atoms with Gasteiger partial charge in [0, 0.05) is 35.1 Å². The number of anilines is 2. The molecule has 1 aliphatic rings. The van der Waals surface area contributed by atoms with Crippen LogP contribution in [0.25, 0.3) is 10.9 Å². The molecule has 11 heteroatoms. The molecule has 0 spiro atoms. The Labute approximate surface area is 224 Å². The molecule has 0 bridgehead atoms. The number of aromatic nitrogens is 5. The monoisotopic (exact) mass is 527 g/mol. The van der Waals surface area contributed by atoms with Gasteiger partial charge in [-0.2, -0.15) is 14.9 Å². The lowest BCUT2D eigenvalue weighted by Gasteiger charge is -2.22. The zero-order valence-electron chi connectivity index (χ0n) is 22.0. The summed E-state index contributed by atoms with van der Waals surface area (Å²) in [6.07, 6.45) is 4.40. The van der Waals surface area contributed by atoms with Crippen molar-refractivity contribution >= 4 is 22.3 Å². The van der Waals surface area contributed by atoms with E-state index in [1.165, 1.54) is 18.3 Å². The van der Waals surface area contributed by atoms with Crippen LogP contribution in [0.2, 0.25) is 0 Å². The number of rotatable bonds is 7. The highest BCUT2D eigenvalue weighted by molar-refractivity contribution is 5.96. The fraction of sp³-hybridized carbons (Fsp3) is 0.357. The van der Waals surface area contributed by atoms with E-state index in [1.807, 2.05) is 0 Å². The summed E-state index contributed by atoms with van der Waals surface area (Å²) >= 11 is 0. The zero-order valence-corrected chi connectivity index (χ0v) is 22.0. The second kappa shape index (κ2) is 9.59. The predicted molar refractivity (Wildman–Crippen MR) is 142 cm³/mol. The fourth-order valence-corrected chi connectivity index (χ4v) is 4.42. The Morgan fingerprint density at radius 2 is 1.95 bits per heavy atom. The SMILES string of the molecule is Cc1nc(F)ccc1C(Nc1cc(F)c2ncc(C#N)c(NCC(C)(C)C)c2c1)c1cn(C2(C#N)CC2)nn1. The zero-order chi connectivity index (χ0) is 27.9. The summed E-state index contributed by atoms with van der Waals surface area (Å²) in [4.78, 5) is 8.14. The van der Waals surface area contributed by atoms with Crippen molar-refractivity contribution in [1.82, 2.24) is 25.0 Å². The number of hydrogen-bond acceptors (Lipinski definition) is 8. The van der Waals surface area contributed by atoms with E-state index in [9.17, 15) is 14.9 Å². The van der Waals surface area contributed by atoms with E-state index in [0.29, 0.717) is 58.7 Å². The molecule has 1 atom stereocenters. The van der Waals surface area contributed by atoms with Gasteiger partial charge in [0.1, 0.15) is 17.3 Å². The van der Waals surface area contributed by atoms with Crippen LogP contribution in [-0.2, 0) is 5.54 Å². The minimum absolute atomic E-state index is 0.0941. The van der Waals surface area contributed by atoms with Crippen molar-refractivity contribution in [3.63, 3.8) is 0 Å². The van der Waals surface area contributed by atoms with Crippen LogP contribution in [-0.4, -0.2) is 31.5 Å². The maximum Gasteiger partial charge on any atom is 0.213 e. The van der Waals surface area contributed by atoms with E-state index < -0.39 is 23.3 Å². The van der Waals surface area contributed by atoms with Gasteiger partial charge in [-0.3, -0.25) is 4.98 Å². The lowest BCUT2D eigenvalue weighted by Crippen LogP contribution is -2.20. The van der Waals surface area contributed by atoms with Crippen molar-refractivity contribution in [1.29, 1.82) is 10.5 Å². The van der Waals surface area contributed by atoms with Gasteiger partial charge in [0.15, 0.2) is 11.4 Å².